The zero-order valence-corrected chi connectivity index (χ0v) is 10.6. The van der Waals surface area contributed by atoms with E-state index in [4.69, 9.17) is 15.2 Å². The molecular weight excluding hydrogens is 226 g/mol. The highest BCUT2D eigenvalue weighted by atomic mass is 16.5. The lowest BCUT2D eigenvalue weighted by Gasteiger charge is -2.16. The minimum Gasteiger partial charge on any atom is -0.497 e. The van der Waals surface area contributed by atoms with E-state index in [1.807, 2.05) is 48.5 Å². The molecule has 94 valence electrons. The third kappa shape index (κ3) is 2.46. The monoisotopic (exact) mass is 243 g/mol. The van der Waals surface area contributed by atoms with Crippen molar-refractivity contribution in [3.63, 3.8) is 0 Å². The molecule has 0 heterocycles. The van der Waals surface area contributed by atoms with Gasteiger partial charge in [0.1, 0.15) is 11.5 Å². The first kappa shape index (κ1) is 12.5. The molecule has 0 radical (unpaired) electrons. The molecule has 2 rings (SSSR count). The average Bonchev–Trinajstić information content (AvgIpc) is 2.46. The summed E-state index contributed by atoms with van der Waals surface area (Å²) in [6.45, 7) is 0. The Morgan fingerprint density at radius 2 is 1.56 bits per heavy atom. The van der Waals surface area contributed by atoms with Crippen molar-refractivity contribution in [3.05, 3.63) is 59.7 Å². The first-order chi connectivity index (χ1) is 8.76. The molecule has 0 aliphatic heterocycles. The normalized spacial score (nSPS) is 11.9. The molecule has 0 bridgehead atoms. The number of ether oxygens (including phenoxy) is 2. The third-order valence-corrected chi connectivity index (χ3v) is 2.95. The van der Waals surface area contributed by atoms with Crippen LogP contribution in [0.15, 0.2) is 48.5 Å². The summed E-state index contributed by atoms with van der Waals surface area (Å²) in [5.41, 5.74) is 8.27. The van der Waals surface area contributed by atoms with E-state index in [1.165, 1.54) is 0 Å². The van der Waals surface area contributed by atoms with Crippen molar-refractivity contribution in [2.24, 2.45) is 5.73 Å². The van der Waals surface area contributed by atoms with Gasteiger partial charge in [0.15, 0.2) is 0 Å². The van der Waals surface area contributed by atoms with Crippen LogP contribution >= 0.6 is 0 Å². The van der Waals surface area contributed by atoms with Crippen molar-refractivity contribution >= 4 is 0 Å². The zero-order chi connectivity index (χ0) is 13.0. The molecule has 0 aliphatic rings. The lowest BCUT2D eigenvalue weighted by Crippen LogP contribution is -2.12. The van der Waals surface area contributed by atoms with Gasteiger partial charge >= 0.3 is 0 Å². The number of nitrogens with two attached hydrogens (primary N) is 1. The third-order valence-electron chi connectivity index (χ3n) is 2.95. The SMILES string of the molecule is COc1ccc([C@@H](N)c2ccccc2OC)cc1. The minimum absolute atomic E-state index is 0.202. The van der Waals surface area contributed by atoms with Crippen molar-refractivity contribution in [1.29, 1.82) is 0 Å². The Labute approximate surface area is 107 Å². The van der Waals surface area contributed by atoms with Gasteiger partial charge in [-0.25, -0.2) is 0 Å². The highest BCUT2D eigenvalue weighted by molar-refractivity contribution is 5.42. The summed E-state index contributed by atoms with van der Waals surface area (Å²) in [4.78, 5) is 0. The van der Waals surface area contributed by atoms with Gasteiger partial charge in [-0.05, 0) is 23.8 Å². The quantitative estimate of drug-likeness (QED) is 0.898. The average molecular weight is 243 g/mol. The van der Waals surface area contributed by atoms with E-state index in [2.05, 4.69) is 0 Å². The molecule has 0 fully saturated rings. The second kappa shape index (κ2) is 5.56. The topological polar surface area (TPSA) is 44.5 Å². The van der Waals surface area contributed by atoms with Crippen LogP contribution in [0, 0.1) is 0 Å². The van der Waals surface area contributed by atoms with E-state index in [-0.39, 0.29) is 6.04 Å². The van der Waals surface area contributed by atoms with E-state index in [0.29, 0.717) is 0 Å². The molecule has 0 spiro atoms. The Hall–Kier alpha value is -2.00. The molecule has 0 unspecified atom stereocenters. The van der Waals surface area contributed by atoms with E-state index >= 15 is 0 Å². The van der Waals surface area contributed by atoms with Crippen molar-refractivity contribution in [1.82, 2.24) is 0 Å². The van der Waals surface area contributed by atoms with Gasteiger partial charge in [-0.2, -0.15) is 0 Å². The fourth-order valence-electron chi connectivity index (χ4n) is 1.91. The highest BCUT2D eigenvalue weighted by Gasteiger charge is 2.13. The molecule has 0 saturated heterocycles. The maximum atomic E-state index is 6.26. The standard InChI is InChI=1S/C15H17NO2/c1-17-12-9-7-11(8-10-12)15(16)13-5-3-4-6-14(13)18-2/h3-10,15H,16H2,1-2H3/t15-/m1/s1. The number of benzene rings is 2. The first-order valence-corrected chi connectivity index (χ1v) is 5.78. The summed E-state index contributed by atoms with van der Waals surface area (Å²) < 4.78 is 10.5. The Bertz CT molecular complexity index is 508. The molecular formula is C15H17NO2. The minimum atomic E-state index is -0.202. The smallest absolute Gasteiger partial charge is 0.123 e. The maximum Gasteiger partial charge on any atom is 0.123 e. The van der Waals surface area contributed by atoms with E-state index in [0.717, 1.165) is 22.6 Å². The van der Waals surface area contributed by atoms with Crippen LogP contribution in [0.2, 0.25) is 0 Å². The van der Waals surface area contributed by atoms with Gasteiger partial charge in [0.05, 0.1) is 20.3 Å². The molecule has 2 N–H and O–H groups in total. The van der Waals surface area contributed by atoms with Crippen LogP contribution in [0.25, 0.3) is 0 Å². The molecule has 0 saturated carbocycles. The number of para-hydroxylation sites is 1. The van der Waals surface area contributed by atoms with Crippen LogP contribution in [0.5, 0.6) is 11.5 Å². The zero-order valence-electron chi connectivity index (χ0n) is 10.6. The maximum absolute atomic E-state index is 6.26. The lowest BCUT2D eigenvalue weighted by atomic mass is 9.99. The van der Waals surface area contributed by atoms with Gasteiger partial charge in [-0.15, -0.1) is 0 Å². The number of hydrogen-bond acceptors (Lipinski definition) is 3. The summed E-state index contributed by atoms with van der Waals surface area (Å²) in [6, 6.07) is 15.3. The number of methoxy groups -OCH3 is 2. The van der Waals surface area contributed by atoms with E-state index < -0.39 is 0 Å². The first-order valence-electron chi connectivity index (χ1n) is 5.78. The molecule has 2 aromatic rings. The van der Waals surface area contributed by atoms with Crippen LogP contribution in [-0.2, 0) is 0 Å². The molecule has 0 aromatic heterocycles. The summed E-state index contributed by atoms with van der Waals surface area (Å²) >= 11 is 0. The van der Waals surface area contributed by atoms with Gasteiger partial charge in [0.25, 0.3) is 0 Å². The van der Waals surface area contributed by atoms with Crippen LogP contribution in [0.3, 0.4) is 0 Å². The Balaban J connectivity index is 2.31. The summed E-state index contributed by atoms with van der Waals surface area (Å²) in [5, 5.41) is 0. The van der Waals surface area contributed by atoms with E-state index in [9.17, 15) is 0 Å². The lowest BCUT2D eigenvalue weighted by molar-refractivity contribution is 0.407. The van der Waals surface area contributed by atoms with E-state index in [1.54, 1.807) is 14.2 Å². The van der Waals surface area contributed by atoms with Crippen molar-refractivity contribution in [2.75, 3.05) is 14.2 Å². The number of rotatable bonds is 4. The van der Waals surface area contributed by atoms with Crippen LogP contribution in [-0.4, -0.2) is 14.2 Å². The Kier molecular flexibility index (Phi) is 3.85. The largest absolute Gasteiger partial charge is 0.497 e. The van der Waals surface area contributed by atoms with Crippen LogP contribution in [0.4, 0.5) is 0 Å². The van der Waals surface area contributed by atoms with Gasteiger partial charge in [0.2, 0.25) is 0 Å². The molecule has 18 heavy (non-hydrogen) atoms. The molecule has 0 aliphatic carbocycles. The molecule has 0 amide bonds. The van der Waals surface area contributed by atoms with Gasteiger partial charge in [-0.3, -0.25) is 0 Å². The molecule has 1 atom stereocenters. The van der Waals surface area contributed by atoms with Crippen LogP contribution < -0.4 is 15.2 Å². The predicted octanol–water partition coefficient (Wildman–Crippen LogP) is 2.75. The van der Waals surface area contributed by atoms with Gasteiger partial charge < -0.3 is 15.2 Å². The fourth-order valence-corrected chi connectivity index (χ4v) is 1.91. The Morgan fingerprint density at radius 3 is 2.17 bits per heavy atom. The van der Waals surface area contributed by atoms with Crippen molar-refractivity contribution in [2.45, 2.75) is 6.04 Å². The van der Waals surface area contributed by atoms with Gasteiger partial charge in [0, 0.05) is 5.56 Å². The van der Waals surface area contributed by atoms with Gasteiger partial charge in [-0.1, -0.05) is 30.3 Å². The summed E-state index contributed by atoms with van der Waals surface area (Å²) in [6.07, 6.45) is 0. The highest BCUT2D eigenvalue weighted by Crippen LogP contribution is 2.28. The van der Waals surface area contributed by atoms with Crippen molar-refractivity contribution < 1.29 is 9.47 Å². The molecule has 2 aromatic carbocycles. The Morgan fingerprint density at radius 1 is 0.889 bits per heavy atom. The molecule has 3 nitrogen and oxygen atoms in total. The fraction of sp³-hybridized carbons (Fsp3) is 0.200. The summed E-state index contributed by atoms with van der Waals surface area (Å²) in [7, 11) is 3.30. The second-order valence-electron chi connectivity index (χ2n) is 3.99. The second-order valence-corrected chi connectivity index (χ2v) is 3.99. The number of hydrogen-bond donors (Lipinski definition) is 1. The molecule has 3 heteroatoms. The van der Waals surface area contributed by atoms with Crippen molar-refractivity contribution in [3.8, 4) is 11.5 Å². The van der Waals surface area contributed by atoms with Crippen LogP contribution in [0.1, 0.15) is 17.2 Å². The summed E-state index contributed by atoms with van der Waals surface area (Å²) in [5.74, 6) is 1.63. The predicted molar refractivity (Wildman–Crippen MR) is 72.0 cm³/mol.